The van der Waals surface area contributed by atoms with Crippen molar-refractivity contribution in [3.8, 4) is 0 Å². The van der Waals surface area contributed by atoms with E-state index in [-0.39, 0.29) is 5.91 Å². The van der Waals surface area contributed by atoms with Gasteiger partial charge in [-0.3, -0.25) is 9.78 Å². The molecule has 0 saturated heterocycles. The van der Waals surface area contributed by atoms with Crippen LogP contribution in [-0.2, 0) is 0 Å². The molecule has 27 heavy (non-hydrogen) atoms. The van der Waals surface area contributed by atoms with Gasteiger partial charge >= 0.3 is 0 Å². The lowest BCUT2D eigenvalue weighted by Crippen LogP contribution is -2.18. The molecule has 1 heterocycles. The van der Waals surface area contributed by atoms with Gasteiger partial charge in [-0.05, 0) is 47.2 Å². The molecule has 0 fully saturated rings. The SMILES string of the molecule is CN(c1ccncc1)c1ccccc1C(=O)Nc1ccc2ccccc2c1. The molecular weight excluding hydrogens is 334 g/mol. The zero-order chi connectivity index (χ0) is 18.6. The number of hydrogen-bond acceptors (Lipinski definition) is 3. The van der Waals surface area contributed by atoms with Crippen LogP contribution in [0, 0.1) is 0 Å². The van der Waals surface area contributed by atoms with E-state index in [9.17, 15) is 4.79 Å². The number of carbonyl (C=O) groups excluding carboxylic acids is 1. The number of para-hydroxylation sites is 1. The van der Waals surface area contributed by atoms with Crippen LogP contribution in [0.3, 0.4) is 0 Å². The molecular formula is C23H19N3O. The smallest absolute Gasteiger partial charge is 0.257 e. The Kier molecular flexibility index (Phi) is 4.54. The van der Waals surface area contributed by atoms with E-state index in [1.165, 1.54) is 0 Å². The quantitative estimate of drug-likeness (QED) is 0.545. The number of benzene rings is 3. The first kappa shape index (κ1) is 16.8. The zero-order valence-electron chi connectivity index (χ0n) is 15.0. The fourth-order valence-corrected chi connectivity index (χ4v) is 3.13. The normalized spacial score (nSPS) is 10.6. The van der Waals surface area contributed by atoms with E-state index in [1.54, 1.807) is 12.4 Å². The molecule has 1 N–H and O–H groups in total. The summed E-state index contributed by atoms with van der Waals surface area (Å²) in [6.45, 7) is 0. The fourth-order valence-electron chi connectivity index (χ4n) is 3.13. The second kappa shape index (κ2) is 7.30. The highest BCUT2D eigenvalue weighted by molar-refractivity contribution is 6.09. The molecule has 4 heteroatoms. The van der Waals surface area contributed by atoms with Crippen molar-refractivity contribution in [2.45, 2.75) is 0 Å². The van der Waals surface area contributed by atoms with Gasteiger partial charge < -0.3 is 10.2 Å². The van der Waals surface area contributed by atoms with Gasteiger partial charge in [0.15, 0.2) is 0 Å². The maximum atomic E-state index is 13.0. The van der Waals surface area contributed by atoms with Crippen LogP contribution in [0.4, 0.5) is 17.1 Å². The topological polar surface area (TPSA) is 45.2 Å². The van der Waals surface area contributed by atoms with Crippen LogP contribution in [0.15, 0.2) is 91.3 Å². The lowest BCUT2D eigenvalue weighted by Gasteiger charge is -2.22. The summed E-state index contributed by atoms with van der Waals surface area (Å²) in [5.74, 6) is -0.137. The standard InChI is InChI=1S/C23H19N3O/c1-26(20-12-14-24-15-13-20)22-9-5-4-8-21(22)23(27)25-19-11-10-17-6-2-3-7-18(17)16-19/h2-16H,1H3,(H,25,27). The van der Waals surface area contributed by atoms with E-state index in [1.807, 2.05) is 84.7 Å². The maximum Gasteiger partial charge on any atom is 0.257 e. The molecule has 0 saturated carbocycles. The van der Waals surface area contributed by atoms with Gasteiger partial charge in [0.25, 0.3) is 5.91 Å². The molecule has 0 unspecified atom stereocenters. The third kappa shape index (κ3) is 3.51. The van der Waals surface area contributed by atoms with E-state index in [0.29, 0.717) is 5.56 Å². The van der Waals surface area contributed by atoms with Crippen molar-refractivity contribution in [3.63, 3.8) is 0 Å². The van der Waals surface area contributed by atoms with Crippen LogP contribution in [0.5, 0.6) is 0 Å². The van der Waals surface area contributed by atoms with Crippen LogP contribution < -0.4 is 10.2 Å². The van der Waals surface area contributed by atoms with Crippen LogP contribution >= 0.6 is 0 Å². The summed E-state index contributed by atoms with van der Waals surface area (Å²) in [5.41, 5.74) is 3.20. The summed E-state index contributed by atoms with van der Waals surface area (Å²) < 4.78 is 0. The van der Waals surface area contributed by atoms with Gasteiger partial charge in [-0.25, -0.2) is 0 Å². The molecule has 0 aliphatic rings. The highest BCUT2D eigenvalue weighted by atomic mass is 16.1. The predicted octanol–water partition coefficient (Wildman–Crippen LogP) is 5.26. The van der Waals surface area contributed by atoms with E-state index >= 15 is 0 Å². The van der Waals surface area contributed by atoms with E-state index in [4.69, 9.17) is 0 Å². The van der Waals surface area contributed by atoms with Crippen LogP contribution in [-0.4, -0.2) is 17.9 Å². The third-order valence-corrected chi connectivity index (χ3v) is 4.57. The minimum atomic E-state index is -0.137. The Labute approximate surface area is 158 Å². The fraction of sp³-hybridized carbons (Fsp3) is 0.0435. The number of rotatable bonds is 4. The Morgan fingerprint density at radius 2 is 1.56 bits per heavy atom. The second-order valence-electron chi connectivity index (χ2n) is 6.30. The number of hydrogen-bond donors (Lipinski definition) is 1. The van der Waals surface area contributed by atoms with Gasteiger partial charge in [0.2, 0.25) is 0 Å². The predicted molar refractivity (Wildman–Crippen MR) is 111 cm³/mol. The van der Waals surface area contributed by atoms with E-state index in [2.05, 4.69) is 16.4 Å². The lowest BCUT2D eigenvalue weighted by atomic mass is 10.1. The van der Waals surface area contributed by atoms with Crippen LogP contribution in [0.1, 0.15) is 10.4 Å². The summed E-state index contributed by atoms with van der Waals surface area (Å²) in [6, 6.07) is 25.4. The Hall–Kier alpha value is -3.66. The Balaban J connectivity index is 1.64. The molecule has 0 bridgehead atoms. The van der Waals surface area contributed by atoms with Crippen molar-refractivity contribution in [1.29, 1.82) is 0 Å². The third-order valence-electron chi connectivity index (χ3n) is 4.57. The highest BCUT2D eigenvalue weighted by Gasteiger charge is 2.15. The van der Waals surface area contributed by atoms with Gasteiger partial charge in [-0.1, -0.05) is 42.5 Å². The number of carbonyl (C=O) groups is 1. The molecule has 4 aromatic rings. The summed E-state index contributed by atoms with van der Waals surface area (Å²) in [6.07, 6.45) is 3.48. The van der Waals surface area contributed by atoms with Crippen LogP contribution in [0.25, 0.3) is 10.8 Å². The highest BCUT2D eigenvalue weighted by Crippen LogP contribution is 2.27. The molecule has 0 aliphatic heterocycles. The van der Waals surface area contributed by atoms with E-state index in [0.717, 1.165) is 27.8 Å². The van der Waals surface area contributed by atoms with Gasteiger partial charge in [0.05, 0.1) is 11.3 Å². The number of aromatic nitrogens is 1. The average Bonchev–Trinajstić information content (AvgIpc) is 2.73. The van der Waals surface area contributed by atoms with Gasteiger partial charge in [-0.2, -0.15) is 0 Å². The van der Waals surface area contributed by atoms with Gasteiger partial charge in [0.1, 0.15) is 0 Å². The number of nitrogens with zero attached hydrogens (tertiary/aromatic N) is 2. The molecule has 1 aromatic heterocycles. The molecule has 0 spiro atoms. The first-order chi connectivity index (χ1) is 13.2. The van der Waals surface area contributed by atoms with Crippen molar-refractivity contribution in [2.75, 3.05) is 17.3 Å². The van der Waals surface area contributed by atoms with Crippen molar-refractivity contribution >= 4 is 33.7 Å². The molecule has 4 nitrogen and oxygen atoms in total. The number of amides is 1. The van der Waals surface area contributed by atoms with Crippen molar-refractivity contribution in [2.24, 2.45) is 0 Å². The Morgan fingerprint density at radius 1 is 0.852 bits per heavy atom. The molecule has 4 rings (SSSR count). The molecule has 0 atom stereocenters. The molecule has 1 amide bonds. The van der Waals surface area contributed by atoms with Crippen LogP contribution in [0.2, 0.25) is 0 Å². The van der Waals surface area contributed by atoms with Crippen molar-refractivity contribution < 1.29 is 4.79 Å². The Bertz CT molecular complexity index is 1090. The first-order valence-electron chi connectivity index (χ1n) is 8.75. The van der Waals surface area contributed by atoms with Gasteiger partial charge in [0, 0.05) is 30.8 Å². The molecule has 0 radical (unpaired) electrons. The minimum absolute atomic E-state index is 0.137. The summed E-state index contributed by atoms with van der Waals surface area (Å²) in [5, 5.41) is 5.26. The number of pyridine rings is 1. The second-order valence-corrected chi connectivity index (χ2v) is 6.30. The molecule has 3 aromatic carbocycles. The maximum absolute atomic E-state index is 13.0. The minimum Gasteiger partial charge on any atom is -0.344 e. The summed E-state index contributed by atoms with van der Waals surface area (Å²) in [7, 11) is 1.94. The number of anilines is 3. The first-order valence-corrected chi connectivity index (χ1v) is 8.75. The monoisotopic (exact) mass is 353 g/mol. The lowest BCUT2D eigenvalue weighted by molar-refractivity contribution is 0.102. The van der Waals surface area contributed by atoms with E-state index < -0.39 is 0 Å². The Morgan fingerprint density at radius 3 is 2.37 bits per heavy atom. The molecule has 132 valence electrons. The molecule has 0 aliphatic carbocycles. The van der Waals surface area contributed by atoms with Crippen molar-refractivity contribution in [1.82, 2.24) is 4.98 Å². The summed E-state index contributed by atoms with van der Waals surface area (Å²) in [4.78, 5) is 19.0. The summed E-state index contributed by atoms with van der Waals surface area (Å²) >= 11 is 0. The number of fused-ring (bicyclic) bond motifs is 1. The van der Waals surface area contributed by atoms with Crippen molar-refractivity contribution in [3.05, 3.63) is 96.8 Å². The van der Waals surface area contributed by atoms with Gasteiger partial charge in [-0.15, -0.1) is 0 Å². The zero-order valence-corrected chi connectivity index (χ0v) is 15.0. The largest absolute Gasteiger partial charge is 0.344 e. The average molecular weight is 353 g/mol. The number of nitrogens with one attached hydrogen (secondary N) is 1.